The van der Waals surface area contributed by atoms with Gasteiger partial charge < -0.3 is 56.0 Å². The Bertz CT molecular complexity index is 1420. The predicted octanol–water partition coefficient (Wildman–Crippen LogP) is -2.26. The third kappa shape index (κ3) is 9.64. The van der Waals surface area contributed by atoms with Gasteiger partial charge in [-0.25, -0.2) is 4.58 Å². The number of allylic oxidation sites excluding steroid dienone is 4. The molecular formula is C33H45N2O13+. The van der Waals surface area contributed by atoms with E-state index in [1.165, 1.54) is 36.4 Å². The Morgan fingerprint density at radius 3 is 1.71 bits per heavy atom. The summed E-state index contributed by atoms with van der Waals surface area (Å²) in [4.78, 5) is 41.5. The number of phenols is 1. The summed E-state index contributed by atoms with van der Waals surface area (Å²) in [7, 11) is 0. The average molecular weight is 678 g/mol. The van der Waals surface area contributed by atoms with Crippen molar-refractivity contribution in [1.29, 1.82) is 0 Å². The molecule has 0 aliphatic heterocycles. The van der Waals surface area contributed by atoms with Crippen LogP contribution >= 0.6 is 0 Å². The van der Waals surface area contributed by atoms with Gasteiger partial charge in [-0.05, 0) is 25.0 Å². The van der Waals surface area contributed by atoms with Crippen LogP contribution < -0.4 is 4.90 Å². The number of hydrogen-bond donors (Lipinski definition) is 10. The van der Waals surface area contributed by atoms with Gasteiger partial charge in [-0.2, -0.15) is 0 Å². The molecule has 0 spiro atoms. The molecule has 0 aromatic heterocycles. The summed E-state index contributed by atoms with van der Waals surface area (Å²) in [5.74, 6) is -5.85. The normalized spacial score (nSPS) is 20.6. The molecule has 5 atom stereocenters. The van der Waals surface area contributed by atoms with E-state index in [2.05, 4.69) is 0 Å². The van der Waals surface area contributed by atoms with E-state index in [1.807, 2.05) is 0 Å². The molecule has 1 fully saturated rings. The van der Waals surface area contributed by atoms with Gasteiger partial charge in [0.15, 0.2) is 5.78 Å². The first kappa shape index (κ1) is 38.6. The Hall–Kier alpha value is -3.80. The number of hydrogen-bond acceptors (Lipinski definition) is 14. The lowest BCUT2D eigenvalue weighted by Crippen LogP contribution is -2.32. The van der Waals surface area contributed by atoms with Gasteiger partial charge in [0.2, 0.25) is 17.3 Å². The molecule has 3 rings (SSSR count). The lowest BCUT2D eigenvalue weighted by Gasteiger charge is -2.27. The number of aliphatic hydroxyl groups excluding tert-OH is 9. The summed E-state index contributed by atoms with van der Waals surface area (Å²) in [6.45, 7) is -1.16. The number of ketones is 3. The molecule has 2 aliphatic rings. The van der Waals surface area contributed by atoms with E-state index in [4.69, 9.17) is 0 Å². The SMILES string of the molecule is O=C1C(=O)C(c2ccc(N(CCC(O)CO)CCC(O)CO)cc2O)C(=O)/C1=C1\C=CC(=[N+](CCC(O)CO)CCC(O)CO)C=C1O. The third-order valence-corrected chi connectivity index (χ3v) is 8.30. The van der Waals surface area contributed by atoms with E-state index in [1.54, 1.807) is 9.48 Å². The second-order valence-corrected chi connectivity index (χ2v) is 11.8. The zero-order chi connectivity index (χ0) is 35.5. The highest BCUT2D eigenvalue weighted by molar-refractivity contribution is 6.61. The molecule has 0 bridgehead atoms. The molecule has 0 amide bonds. The van der Waals surface area contributed by atoms with Crippen LogP contribution in [0.2, 0.25) is 0 Å². The first-order valence-electron chi connectivity index (χ1n) is 15.7. The minimum absolute atomic E-state index is 0.133. The number of rotatable bonds is 18. The van der Waals surface area contributed by atoms with Crippen molar-refractivity contribution in [3.63, 3.8) is 0 Å². The van der Waals surface area contributed by atoms with Crippen LogP contribution in [0.5, 0.6) is 5.75 Å². The number of Topliss-reactive ketones (excluding diaryl/α,β-unsaturated/α-hetero) is 3. The third-order valence-electron chi connectivity index (χ3n) is 8.30. The summed E-state index contributed by atoms with van der Waals surface area (Å²) in [6, 6.07) is 4.05. The maximum absolute atomic E-state index is 13.6. The molecule has 1 aromatic carbocycles. The van der Waals surface area contributed by atoms with E-state index in [0.717, 1.165) is 0 Å². The van der Waals surface area contributed by atoms with Gasteiger partial charge in [-0.3, -0.25) is 14.4 Å². The largest absolute Gasteiger partial charge is 0.508 e. The van der Waals surface area contributed by atoms with Crippen molar-refractivity contribution < 1.29 is 70.0 Å². The van der Waals surface area contributed by atoms with Crippen molar-refractivity contribution in [1.82, 2.24) is 0 Å². The van der Waals surface area contributed by atoms with E-state index < -0.39 is 91.2 Å². The van der Waals surface area contributed by atoms with Gasteiger partial charge in [0.1, 0.15) is 30.5 Å². The van der Waals surface area contributed by atoms with Gasteiger partial charge in [-0.1, -0.05) is 6.07 Å². The fourth-order valence-corrected chi connectivity index (χ4v) is 5.39. The molecular weight excluding hydrogens is 632 g/mol. The van der Waals surface area contributed by atoms with Crippen molar-refractivity contribution >= 4 is 28.7 Å². The maximum atomic E-state index is 13.6. The lowest BCUT2D eigenvalue weighted by atomic mass is 9.92. The van der Waals surface area contributed by atoms with Crippen LogP contribution in [0.4, 0.5) is 5.69 Å². The van der Waals surface area contributed by atoms with Crippen molar-refractivity contribution in [3.05, 3.63) is 58.9 Å². The number of carbonyl (C=O) groups excluding carboxylic acids is 3. The van der Waals surface area contributed by atoms with E-state index in [9.17, 15) is 65.4 Å². The van der Waals surface area contributed by atoms with Crippen LogP contribution in [0.25, 0.3) is 0 Å². The fourth-order valence-electron chi connectivity index (χ4n) is 5.39. The topological polar surface area (TPSA) is 260 Å². The van der Waals surface area contributed by atoms with Crippen molar-refractivity contribution in [2.24, 2.45) is 0 Å². The van der Waals surface area contributed by atoms with Gasteiger partial charge >= 0.3 is 0 Å². The summed E-state index contributed by atoms with van der Waals surface area (Å²) in [5, 5.41) is 97.8. The maximum Gasteiger partial charge on any atom is 0.234 e. The predicted molar refractivity (Wildman–Crippen MR) is 171 cm³/mol. The average Bonchev–Trinajstić information content (AvgIpc) is 3.30. The molecule has 0 heterocycles. The molecule has 15 heteroatoms. The smallest absolute Gasteiger partial charge is 0.234 e. The minimum Gasteiger partial charge on any atom is -0.508 e. The number of nitrogens with zero attached hydrogens (tertiary/aromatic N) is 2. The Labute approximate surface area is 276 Å². The standard InChI is InChI=1S/C33H44N2O13/c36-15-21(40)5-9-34(10-6-22(41)16-37)19-1-3-25(27(44)13-19)29-31(46)30(33(48)32(29)47)26-4-2-20(14-28(26)45)35(11-7-23(42)17-38)12-8-24(43)18-39/h1-4,13-14,21-24,29,36-44H,5-12,15-18H2/p+1/b30-26-. The molecule has 5 unspecified atom stereocenters. The minimum atomic E-state index is -1.68. The molecule has 264 valence electrons. The van der Waals surface area contributed by atoms with Gasteiger partial charge in [0, 0.05) is 54.9 Å². The highest BCUT2D eigenvalue weighted by Crippen LogP contribution is 2.39. The molecule has 10 N–H and O–H groups in total. The van der Waals surface area contributed by atoms with Crippen molar-refractivity contribution in [3.8, 4) is 5.75 Å². The second kappa shape index (κ2) is 18.1. The Morgan fingerprint density at radius 1 is 0.708 bits per heavy atom. The molecule has 0 radical (unpaired) electrons. The monoisotopic (exact) mass is 677 g/mol. The van der Waals surface area contributed by atoms with Crippen molar-refractivity contribution in [2.75, 3.05) is 57.5 Å². The lowest BCUT2D eigenvalue weighted by molar-refractivity contribution is -0.530. The van der Waals surface area contributed by atoms with Crippen LogP contribution in [0.3, 0.4) is 0 Å². The number of benzene rings is 1. The molecule has 2 aliphatic carbocycles. The number of aromatic hydroxyl groups is 1. The fraction of sp³-hybridized carbons (Fsp3) is 0.515. The summed E-state index contributed by atoms with van der Waals surface area (Å²) in [5.41, 5.74) is -0.148. The first-order valence-corrected chi connectivity index (χ1v) is 15.7. The highest BCUT2D eigenvalue weighted by Gasteiger charge is 2.48. The van der Waals surface area contributed by atoms with Gasteiger partial charge in [-0.15, -0.1) is 0 Å². The Balaban J connectivity index is 1.93. The van der Waals surface area contributed by atoms with Gasteiger partial charge in [0.05, 0.1) is 62.5 Å². The quantitative estimate of drug-likeness (QED) is 0.0259. The molecule has 0 saturated heterocycles. The van der Waals surface area contributed by atoms with Crippen molar-refractivity contribution in [2.45, 2.75) is 56.0 Å². The molecule has 1 aromatic rings. The van der Waals surface area contributed by atoms with Crippen LogP contribution in [0, 0.1) is 0 Å². The van der Waals surface area contributed by atoms with Crippen LogP contribution in [0.15, 0.2) is 53.3 Å². The number of phenolic OH excluding ortho intramolecular Hbond substituents is 1. The number of carbonyl (C=O) groups is 3. The summed E-state index contributed by atoms with van der Waals surface area (Å²) >= 11 is 0. The Morgan fingerprint density at radius 2 is 1.23 bits per heavy atom. The van der Waals surface area contributed by atoms with Crippen LogP contribution in [0.1, 0.15) is 37.2 Å². The van der Waals surface area contributed by atoms with E-state index in [-0.39, 0.29) is 63.0 Å². The summed E-state index contributed by atoms with van der Waals surface area (Å²) in [6.07, 6.45) is 0.440. The van der Waals surface area contributed by atoms with E-state index >= 15 is 0 Å². The Kier molecular flexibility index (Phi) is 14.6. The zero-order valence-electron chi connectivity index (χ0n) is 26.4. The van der Waals surface area contributed by atoms with E-state index in [0.29, 0.717) is 11.4 Å². The molecule has 1 saturated carbocycles. The molecule has 48 heavy (non-hydrogen) atoms. The zero-order valence-corrected chi connectivity index (χ0v) is 26.4. The van der Waals surface area contributed by atoms with Gasteiger partial charge in [0.25, 0.3) is 0 Å². The summed E-state index contributed by atoms with van der Waals surface area (Å²) < 4.78 is 1.66. The first-order chi connectivity index (χ1) is 22.9. The second-order valence-electron chi connectivity index (χ2n) is 11.8. The number of aliphatic hydroxyl groups is 9. The highest BCUT2D eigenvalue weighted by atomic mass is 16.3. The molecule has 15 nitrogen and oxygen atoms in total. The van der Waals surface area contributed by atoms with Crippen LogP contribution in [-0.2, 0) is 14.4 Å². The van der Waals surface area contributed by atoms with Crippen LogP contribution in [-0.4, -0.2) is 156 Å². The number of anilines is 1.